The molecule has 2 aliphatic rings. The smallest absolute Gasteiger partial charge is 0.185 e. The van der Waals surface area contributed by atoms with Gasteiger partial charge in [0.2, 0.25) is 0 Å². The Morgan fingerprint density at radius 3 is 2.14 bits per heavy atom. The molecule has 4 unspecified atom stereocenters. The molecule has 5 nitrogen and oxygen atoms in total. The van der Waals surface area contributed by atoms with Gasteiger partial charge in [0.15, 0.2) is 6.29 Å². The first-order valence-electron chi connectivity index (χ1n) is 13.3. The highest BCUT2D eigenvalue weighted by Crippen LogP contribution is 2.47. The van der Waals surface area contributed by atoms with Crippen molar-refractivity contribution < 1.29 is 14.6 Å². The van der Waals surface area contributed by atoms with E-state index in [1.54, 1.807) is 0 Å². The van der Waals surface area contributed by atoms with Gasteiger partial charge in [-0.15, -0.1) is 0 Å². The molecule has 190 valence electrons. The Hall–Kier alpha value is -2.70. The molecule has 0 spiro atoms. The maximum atomic E-state index is 9.58. The van der Waals surface area contributed by atoms with Crippen molar-refractivity contribution in [3.05, 3.63) is 101 Å². The molecule has 2 saturated heterocycles. The van der Waals surface area contributed by atoms with Crippen LogP contribution < -0.4 is 5.73 Å². The molecule has 2 heterocycles. The lowest BCUT2D eigenvalue weighted by Gasteiger charge is -2.44. The Kier molecular flexibility index (Phi) is 8.34. The Balaban J connectivity index is 1.53. The third-order valence-corrected chi connectivity index (χ3v) is 7.54. The number of aliphatic hydroxyl groups is 1. The monoisotopic (exact) mass is 486 g/mol. The minimum atomic E-state index is -0.504. The van der Waals surface area contributed by atoms with Crippen LogP contribution in [0.2, 0.25) is 0 Å². The van der Waals surface area contributed by atoms with Crippen LogP contribution in [0.25, 0.3) is 0 Å². The molecular formula is C31H38N2O3. The van der Waals surface area contributed by atoms with Crippen LogP contribution in [-0.2, 0) is 16.1 Å². The average molecular weight is 487 g/mol. The molecule has 0 aliphatic carbocycles. The lowest BCUT2D eigenvalue weighted by Crippen LogP contribution is -2.45. The van der Waals surface area contributed by atoms with Gasteiger partial charge in [0, 0.05) is 23.7 Å². The van der Waals surface area contributed by atoms with Crippen LogP contribution in [-0.4, -0.2) is 35.7 Å². The maximum absolute atomic E-state index is 9.58. The van der Waals surface area contributed by atoms with Gasteiger partial charge >= 0.3 is 0 Å². The molecule has 5 rings (SSSR count). The van der Waals surface area contributed by atoms with Gasteiger partial charge in [-0.3, -0.25) is 0 Å². The molecule has 36 heavy (non-hydrogen) atoms. The van der Waals surface area contributed by atoms with Crippen LogP contribution in [0.5, 0.6) is 0 Å². The van der Waals surface area contributed by atoms with Crippen molar-refractivity contribution in [1.82, 2.24) is 4.90 Å². The maximum Gasteiger partial charge on any atom is 0.185 e. The highest BCUT2D eigenvalue weighted by atomic mass is 16.7. The lowest BCUT2D eigenvalue weighted by atomic mass is 9.83. The Labute approximate surface area is 214 Å². The second-order valence-electron chi connectivity index (χ2n) is 10.1. The fourth-order valence-corrected chi connectivity index (χ4v) is 5.62. The van der Waals surface area contributed by atoms with Crippen LogP contribution in [0, 0.1) is 0 Å². The minimum Gasteiger partial charge on any atom is -0.399 e. The van der Waals surface area contributed by atoms with Crippen molar-refractivity contribution in [3.8, 4) is 0 Å². The van der Waals surface area contributed by atoms with Crippen molar-refractivity contribution >= 4 is 5.69 Å². The number of nitrogens with zero attached hydrogens (tertiary/aromatic N) is 1. The van der Waals surface area contributed by atoms with Gasteiger partial charge in [0.05, 0.1) is 18.8 Å². The van der Waals surface area contributed by atoms with Gasteiger partial charge in [0.25, 0.3) is 0 Å². The summed E-state index contributed by atoms with van der Waals surface area (Å²) in [6, 6.07) is 26.6. The number of nitrogen functional groups attached to an aromatic ring is 1. The summed E-state index contributed by atoms with van der Waals surface area (Å²) < 4.78 is 13.6. The van der Waals surface area contributed by atoms with E-state index in [1.165, 1.54) is 37.7 Å². The summed E-state index contributed by atoms with van der Waals surface area (Å²) in [6.07, 6.45) is 5.69. The van der Waals surface area contributed by atoms with Crippen molar-refractivity contribution in [2.45, 2.75) is 63.1 Å². The summed E-state index contributed by atoms with van der Waals surface area (Å²) in [6.45, 7) is 3.12. The summed E-state index contributed by atoms with van der Waals surface area (Å²) in [5, 5.41) is 9.58. The average Bonchev–Trinajstić information content (AvgIpc) is 2.90. The van der Waals surface area contributed by atoms with E-state index in [0.29, 0.717) is 5.69 Å². The van der Waals surface area contributed by atoms with Gasteiger partial charge in [-0.1, -0.05) is 86.0 Å². The van der Waals surface area contributed by atoms with Crippen LogP contribution in [0.1, 0.15) is 72.7 Å². The number of hydrogen-bond acceptors (Lipinski definition) is 5. The first kappa shape index (κ1) is 25.0. The van der Waals surface area contributed by atoms with Crippen LogP contribution in [0.3, 0.4) is 0 Å². The number of anilines is 1. The Bertz CT molecular complexity index is 1080. The second kappa shape index (κ2) is 12.0. The molecule has 0 aromatic heterocycles. The lowest BCUT2D eigenvalue weighted by molar-refractivity contribution is -0.263. The summed E-state index contributed by atoms with van der Waals surface area (Å²) in [5.74, 6) is 0.0360. The molecular weight excluding hydrogens is 448 g/mol. The molecule has 2 fully saturated rings. The van der Waals surface area contributed by atoms with Gasteiger partial charge in [0.1, 0.15) is 0 Å². The molecule has 5 heteroatoms. The highest BCUT2D eigenvalue weighted by Gasteiger charge is 2.42. The Morgan fingerprint density at radius 2 is 1.44 bits per heavy atom. The second-order valence-corrected chi connectivity index (χ2v) is 10.1. The van der Waals surface area contributed by atoms with Crippen molar-refractivity contribution in [2.24, 2.45) is 0 Å². The van der Waals surface area contributed by atoms with E-state index in [2.05, 4.69) is 47.4 Å². The summed E-state index contributed by atoms with van der Waals surface area (Å²) in [5.41, 5.74) is 11.0. The van der Waals surface area contributed by atoms with Crippen LogP contribution in [0.4, 0.5) is 5.69 Å². The van der Waals surface area contributed by atoms with E-state index in [9.17, 15) is 5.11 Å². The molecule has 3 N–H and O–H groups in total. The van der Waals surface area contributed by atoms with Crippen LogP contribution >= 0.6 is 0 Å². The minimum absolute atomic E-state index is 0.0283. The molecule has 0 bridgehead atoms. The fourth-order valence-electron chi connectivity index (χ4n) is 5.62. The van der Waals surface area contributed by atoms with E-state index in [1.807, 2.05) is 36.4 Å². The van der Waals surface area contributed by atoms with Gasteiger partial charge in [-0.05, 0) is 54.8 Å². The third kappa shape index (κ3) is 5.98. The first-order chi connectivity index (χ1) is 17.7. The number of aliphatic hydroxyl groups excluding tert-OH is 1. The van der Waals surface area contributed by atoms with E-state index < -0.39 is 6.29 Å². The highest BCUT2D eigenvalue weighted by molar-refractivity contribution is 5.41. The zero-order valence-corrected chi connectivity index (χ0v) is 21.0. The summed E-state index contributed by atoms with van der Waals surface area (Å²) in [4.78, 5) is 2.59. The van der Waals surface area contributed by atoms with Crippen molar-refractivity contribution in [3.63, 3.8) is 0 Å². The number of rotatable bonds is 6. The van der Waals surface area contributed by atoms with Crippen molar-refractivity contribution in [1.29, 1.82) is 0 Å². The van der Waals surface area contributed by atoms with Crippen molar-refractivity contribution in [2.75, 3.05) is 25.4 Å². The molecule has 0 amide bonds. The molecule has 3 aromatic carbocycles. The fraction of sp³-hybridized carbons (Fsp3) is 0.419. The predicted molar refractivity (Wildman–Crippen MR) is 143 cm³/mol. The molecule has 0 saturated carbocycles. The number of hydrogen-bond donors (Lipinski definition) is 2. The zero-order valence-electron chi connectivity index (χ0n) is 21.0. The largest absolute Gasteiger partial charge is 0.399 e. The number of benzene rings is 3. The molecule has 0 radical (unpaired) electrons. The topological polar surface area (TPSA) is 68.0 Å². The van der Waals surface area contributed by atoms with E-state index in [-0.39, 0.29) is 24.7 Å². The summed E-state index contributed by atoms with van der Waals surface area (Å²) >= 11 is 0. The number of ether oxygens (including phenoxy) is 2. The SMILES string of the molecule is Nc1cccc(C2OC(CN3CCCCCCC3)C(c3ccccc3)C(c3ccc(CO)cc3)O2)c1. The quantitative estimate of drug-likeness (QED) is 0.421. The summed E-state index contributed by atoms with van der Waals surface area (Å²) in [7, 11) is 0. The zero-order chi connectivity index (χ0) is 24.7. The van der Waals surface area contributed by atoms with Gasteiger partial charge in [-0.25, -0.2) is 0 Å². The molecule has 3 aromatic rings. The first-order valence-corrected chi connectivity index (χ1v) is 13.3. The third-order valence-electron chi connectivity index (χ3n) is 7.54. The normalized spacial score (nSPS) is 25.7. The van der Waals surface area contributed by atoms with E-state index >= 15 is 0 Å². The standard InChI is InChI=1S/C31H38N2O3/c32-27-13-9-12-26(20-27)31-35-28(21-33-18-7-2-1-3-8-19-33)29(24-10-5-4-6-11-24)30(36-31)25-16-14-23(22-34)15-17-25/h4-6,9-17,20,28-31,34H,1-3,7-8,18-19,21-22,32H2. The number of nitrogens with two attached hydrogens (primary N) is 1. The van der Waals surface area contributed by atoms with Crippen LogP contribution in [0.15, 0.2) is 78.9 Å². The molecule has 2 aliphatic heterocycles. The van der Waals surface area contributed by atoms with Gasteiger partial charge < -0.3 is 25.2 Å². The Morgan fingerprint density at radius 1 is 0.750 bits per heavy atom. The number of likely N-dealkylation sites (tertiary alicyclic amines) is 1. The predicted octanol–water partition coefficient (Wildman–Crippen LogP) is 5.97. The molecule has 4 atom stereocenters. The van der Waals surface area contributed by atoms with Gasteiger partial charge in [-0.2, -0.15) is 0 Å². The van der Waals surface area contributed by atoms with E-state index in [0.717, 1.165) is 36.3 Å². The van der Waals surface area contributed by atoms with E-state index in [4.69, 9.17) is 15.2 Å².